The van der Waals surface area contributed by atoms with E-state index < -0.39 is 17.4 Å². The monoisotopic (exact) mass is 394 g/mol. The summed E-state index contributed by atoms with van der Waals surface area (Å²) in [4.78, 5) is 0. The lowest BCUT2D eigenvalue weighted by molar-refractivity contribution is 0.0570. The van der Waals surface area contributed by atoms with Gasteiger partial charge < -0.3 is 5.32 Å². The summed E-state index contributed by atoms with van der Waals surface area (Å²) in [6.07, 6.45) is 0. The predicted molar refractivity (Wildman–Crippen MR) is 101 cm³/mol. The van der Waals surface area contributed by atoms with Crippen LogP contribution in [-0.4, -0.2) is 67.4 Å². The van der Waals surface area contributed by atoms with Crippen molar-refractivity contribution >= 4 is 37.9 Å². The zero-order valence-electron chi connectivity index (χ0n) is 13.6. The Morgan fingerprint density at radius 1 is 0.652 bits per heavy atom. The van der Waals surface area contributed by atoms with E-state index in [1.165, 1.54) is 0 Å². The van der Waals surface area contributed by atoms with Crippen LogP contribution in [0.4, 0.5) is 13.2 Å². The Morgan fingerprint density at radius 3 is 1.39 bits per heavy atom. The molecule has 0 radical (unpaired) electrons. The van der Waals surface area contributed by atoms with Crippen molar-refractivity contribution in [2.24, 2.45) is 0 Å². The molecule has 0 amide bonds. The summed E-state index contributed by atoms with van der Waals surface area (Å²) < 4.78 is 43.5. The fraction of sp³-hybridized carbons (Fsp3) is 1.00. The average Bonchev–Trinajstić information content (AvgIpc) is 2.56. The molecule has 0 aliphatic carbocycles. The standard InChI is InChI=1S/C13H29F3N4S3/c1-3-17-5-11(14,8-21)19-7-13(16,10-23)20-6-12(15,9-22)18-4-2/h17-23H,3-10H2,1-2H3/t11?,12?,13-/m1/s1. The summed E-state index contributed by atoms with van der Waals surface area (Å²) in [6, 6.07) is 0. The van der Waals surface area contributed by atoms with Gasteiger partial charge in [0.2, 0.25) is 0 Å². The van der Waals surface area contributed by atoms with E-state index >= 15 is 0 Å². The summed E-state index contributed by atoms with van der Waals surface area (Å²) in [5.74, 6) is -6.25. The summed E-state index contributed by atoms with van der Waals surface area (Å²) in [7, 11) is 0. The number of thiol groups is 3. The van der Waals surface area contributed by atoms with Crippen LogP contribution >= 0.6 is 37.9 Å². The highest BCUT2D eigenvalue weighted by Crippen LogP contribution is 2.16. The van der Waals surface area contributed by atoms with Crippen LogP contribution in [0.25, 0.3) is 0 Å². The van der Waals surface area contributed by atoms with Crippen molar-refractivity contribution in [2.75, 3.05) is 50.0 Å². The van der Waals surface area contributed by atoms with E-state index in [4.69, 9.17) is 0 Å². The summed E-state index contributed by atoms with van der Waals surface area (Å²) in [5, 5.41) is 10.4. The Morgan fingerprint density at radius 2 is 1.04 bits per heavy atom. The van der Waals surface area contributed by atoms with Gasteiger partial charge in [0.05, 0.1) is 0 Å². The molecule has 140 valence electrons. The third-order valence-electron chi connectivity index (χ3n) is 3.27. The Balaban J connectivity index is 4.64. The topological polar surface area (TPSA) is 48.1 Å². The van der Waals surface area contributed by atoms with E-state index in [2.05, 4.69) is 59.2 Å². The lowest BCUT2D eigenvalue weighted by atomic mass is 10.2. The molecule has 4 N–H and O–H groups in total. The van der Waals surface area contributed by atoms with Crippen LogP contribution in [0.1, 0.15) is 13.8 Å². The summed E-state index contributed by atoms with van der Waals surface area (Å²) >= 11 is 11.8. The molecule has 0 aromatic carbocycles. The third kappa shape index (κ3) is 9.08. The normalized spacial score (nSPS) is 19.8. The van der Waals surface area contributed by atoms with Gasteiger partial charge in [-0.2, -0.15) is 37.9 Å². The Hall–Kier alpha value is 0.680. The molecule has 4 nitrogen and oxygen atoms in total. The van der Waals surface area contributed by atoms with Gasteiger partial charge >= 0.3 is 0 Å². The van der Waals surface area contributed by atoms with Crippen molar-refractivity contribution in [1.29, 1.82) is 0 Å². The highest BCUT2D eigenvalue weighted by molar-refractivity contribution is 7.80. The van der Waals surface area contributed by atoms with Gasteiger partial charge in [0.25, 0.3) is 0 Å². The minimum atomic E-state index is -2.06. The Bertz CT molecular complexity index is 333. The molecule has 3 atom stereocenters. The van der Waals surface area contributed by atoms with Gasteiger partial charge in [-0.25, -0.2) is 13.2 Å². The lowest BCUT2D eigenvalue weighted by Crippen LogP contribution is -2.62. The molecule has 0 heterocycles. The van der Waals surface area contributed by atoms with Gasteiger partial charge in [0.15, 0.2) is 17.4 Å². The van der Waals surface area contributed by atoms with E-state index in [-0.39, 0.29) is 36.9 Å². The molecule has 23 heavy (non-hydrogen) atoms. The van der Waals surface area contributed by atoms with E-state index in [9.17, 15) is 13.2 Å². The molecule has 0 aromatic rings. The first-order chi connectivity index (χ1) is 10.7. The molecule has 0 rings (SSSR count). The molecule has 0 aliphatic rings. The van der Waals surface area contributed by atoms with Crippen LogP contribution in [0.2, 0.25) is 0 Å². The maximum atomic E-state index is 14.7. The van der Waals surface area contributed by atoms with Crippen LogP contribution in [0.15, 0.2) is 0 Å². The van der Waals surface area contributed by atoms with E-state index in [0.717, 1.165) is 0 Å². The van der Waals surface area contributed by atoms with E-state index in [0.29, 0.717) is 13.1 Å². The third-order valence-corrected chi connectivity index (χ3v) is 4.78. The number of alkyl halides is 3. The van der Waals surface area contributed by atoms with Crippen molar-refractivity contribution in [3.63, 3.8) is 0 Å². The van der Waals surface area contributed by atoms with Gasteiger partial charge in [-0.3, -0.25) is 16.0 Å². The number of likely N-dealkylation sites (N-methyl/N-ethyl adjacent to an activating group) is 2. The minimum Gasteiger partial charge on any atom is -0.313 e. The van der Waals surface area contributed by atoms with Crippen molar-refractivity contribution in [1.82, 2.24) is 21.3 Å². The van der Waals surface area contributed by atoms with E-state index in [1.54, 1.807) is 6.92 Å². The molecule has 10 heteroatoms. The highest BCUT2D eigenvalue weighted by Gasteiger charge is 2.37. The first-order valence-electron chi connectivity index (χ1n) is 7.57. The lowest BCUT2D eigenvalue weighted by Gasteiger charge is -2.34. The van der Waals surface area contributed by atoms with Crippen LogP contribution in [0.5, 0.6) is 0 Å². The molecular formula is C13H29F3N4S3. The average molecular weight is 395 g/mol. The molecule has 0 saturated carbocycles. The number of hydrogen-bond acceptors (Lipinski definition) is 7. The Labute approximate surface area is 153 Å². The van der Waals surface area contributed by atoms with Gasteiger partial charge in [0, 0.05) is 36.9 Å². The predicted octanol–water partition coefficient (Wildman–Crippen LogP) is 1.17. The minimum absolute atomic E-state index is 0.00324. The van der Waals surface area contributed by atoms with Crippen molar-refractivity contribution < 1.29 is 13.2 Å². The number of nitrogens with one attached hydrogen (secondary N) is 4. The van der Waals surface area contributed by atoms with Crippen molar-refractivity contribution in [2.45, 2.75) is 31.2 Å². The van der Waals surface area contributed by atoms with E-state index in [1.807, 2.05) is 6.92 Å². The molecule has 0 aliphatic heterocycles. The zero-order valence-corrected chi connectivity index (χ0v) is 16.3. The molecular weight excluding hydrogens is 365 g/mol. The first-order valence-corrected chi connectivity index (χ1v) is 9.47. The molecule has 0 aromatic heterocycles. The second-order valence-corrected chi connectivity index (χ2v) is 6.34. The maximum absolute atomic E-state index is 14.7. The molecule has 0 saturated heterocycles. The van der Waals surface area contributed by atoms with Crippen LogP contribution in [0.3, 0.4) is 0 Å². The molecule has 0 spiro atoms. The second kappa shape index (κ2) is 11.3. The SMILES string of the molecule is CCNCC(F)(CS)NC[C@](F)(CS)NCC(F)(CS)NCC. The number of hydrogen-bond donors (Lipinski definition) is 7. The van der Waals surface area contributed by atoms with Gasteiger partial charge in [-0.15, -0.1) is 0 Å². The smallest absolute Gasteiger partial charge is 0.183 e. The molecule has 0 bridgehead atoms. The van der Waals surface area contributed by atoms with Crippen LogP contribution in [0, 0.1) is 0 Å². The number of rotatable bonds is 14. The fourth-order valence-corrected chi connectivity index (χ4v) is 2.43. The largest absolute Gasteiger partial charge is 0.313 e. The summed E-state index contributed by atoms with van der Waals surface area (Å²) in [6.45, 7) is 3.87. The zero-order chi connectivity index (χ0) is 18.0. The van der Waals surface area contributed by atoms with Crippen molar-refractivity contribution in [3.8, 4) is 0 Å². The summed E-state index contributed by atoms with van der Waals surface area (Å²) in [5.41, 5.74) is 0. The molecule has 0 fully saturated rings. The number of halogens is 3. The quantitative estimate of drug-likeness (QED) is 0.179. The Kier molecular flexibility index (Phi) is 11.7. The van der Waals surface area contributed by atoms with Crippen LogP contribution in [-0.2, 0) is 0 Å². The van der Waals surface area contributed by atoms with Gasteiger partial charge in [0.1, 0.15) is 0 Å². The molecule has 2 unspecified atom stereocenters. The van der Waals surface area contributed by atoms with Crippen molar-refractivity contribution in [3.05, 3.63) is 0 Å². The highest BCUT2D eigenvalue weighted by atomic mass is 32.1. The van der Waals surface area contributed by atoms with Gasteiger partial charge in [-0.1, -0.05) is 13.8 Å². The van der Waals surface area contributed by atoms with Crippen LogP contribution < -0.4 is 21.3 Å². The fourth-order valence-electron chi connectivity index (χ4n) is 1.76. The van der Waals surface area contributed by atoms with Gasteiger partial charge in [-0.05, 0) is 13.1 Å². The first kappa shape index (κ1) is 23.7. The second-order valence-electron chi connectivity index (χ2n) is 5.39. The maximum Gasteiger partial charge on any atom is 0.183 e.